The van der Waals surface area contributed by atoms with E-state index in [4.69, 9.17) is 10.4 Å². The molecule has 0 bridgehead atoms. The maximum absolute atomic E-state index is 8.03. The molecule has 0 aliphatic rings. The van der Waals surface area contributed by atoms with Crippen LogP contribution < -0.4 is 0 Å². The molecular weight excluding hydrogens is 256 g/mol. The van der Waals surface area contributed by atoms with E-state index in [0.29, 0.717) is 11.4 Å². The van der Waals surface area contributed by atoms with E-state index in [1.54, 1.807) is 24.8 Å². The first-order chi connectivity index (χ1) is 9.69. The Morgan fingerprint density at radius 1 is 0.750 bits per heavy atom. The lowest BCUT2D eigenvalue weighted by Gasteiger charge is -1.97. The Morgan fingerprint density at radius 2 is 1.05 bits per heavy atom. The third-order valence-corrected chi connectivity index (χ3v) is 2.52. The highest BCUT2D eigenvalue weighted by molar-refractivity contribution is 6.40. The van der Waals surface area contributed by atoms with Gasteiger partial charge in [0.25, 0.3) is 0 Å². The Bertz CT molecular complexity index is 515. The van der Waals surface area contributed by atoms with E-state index in [-0.39, 0.29) is 0 Å². The van der Waals surface area contributed by atoms with E-state index in [1.165, 1.54) is 25.0 Å². The van der Waals surface area contributed by atoms with Gasteiger partial charge in [0.1, 0.15) is 11.4 Å². The van der Waals surface area contributed by atoms with Crippen molar-refractivity contribution in [2.75, 3.05) is 0 Å². The zero-order chi connectivity index (χ0) is 14.8. The molecule has 20 heavy (non-hydrogen) atoms. The van der Waals surface area contributed by atoms with Crippen molar-refractivity contribution < 1.29 is 10.4 Å². The van der Waals surface area contributed by atoms with Gasteiger partial charge < -0.3 is 10.4 Å². The zero-order valence-corrected chi connectivity index (χ0v) is 11.3. The standard InChI is InChI=1S/C10H8N2.C4H8N2O2/c1-5-11-6-2-9(1)10-3-7-12-8-4-10;1-3(5-7)4(2)6-8/h1-8H;7-8H,1-2H3/b;5-3+,6-4+. The normalized spacial score (nSPS) is 11.5. The van der Waals surface area contributed by atoms with Gasteiger partial charge in [-0.05, 0) is 49.2 Å². The van der Waals surface area contributed by atoms with Crippen molar-refractivity contribution >= 4 is 11.4 Å². The Labute approximate surface area is 117 Å². The lowest BCUT2D eigenvalue weighted by Crippen LogP contribution is -2.04. The van der Waals surface area contributed by atoms with Crippen LogP contribution in [-0.4, -0.2) is 31.8 Å². The molecule has 104 valence electrons. The van der Waals surface area contributed by atoms with Crippen molar-refractivity contribution in [2.45, 2.75) is 13.8 Å². The fourth-order valence-corrected chi connectivity index (χ4v) is 1.23. The van der Waals surface area contributed by atoms with Gasteiger partial charge in [0.15, 0.2) is 0 Å². The molecule has 0 aliphatic heterocycles. The van der Waals surface area contributed by atoms with Crippen molar-refractivity contribution in [3.63, 3.8) is 0 Å². The fourth-order valence-electron chi connectivity index (χ4n) is 1.23. The van der Waals surface area contributed by atoms with E-state index in [1.807, 2.05) is 24.3 Å². The number of rotatable bonds is 2. The lowest BCUT2D eigenvalue weighted by atomic mass is 10.1. The summed E-state index contributed by atoms with van der Waals surface area (Å²) in [5, 5.41) is 21.6. The van der Waals surface area contributed by atoms with E-state index < -0.39 is 0 Å². The van der Waals surface area contributed by atoms with Crippen LogP contribution in [0, 0.1) is 0 Å². The van der Waals surface area contributed by atoms with Crippen molar-refractivity contribution in [1.82, 2.24) is 9.97 Å². The third kappa shape index (κ3) is 4.85. The summed E-state index contributed by atoms with van der Waals surface area (Å²) in [4.78, 5) is 7.91. The van der Waals surface area contributed by atoms with Crippen LogP contribution in [0.15, 0.2) is 59.4 Å². The predicted octanol–water partition coefficient (Wildman–Crippen LogP) is 2.83. The molecule has 0 atom stereocenters. The number of oxime groups is 2. The molecule has 0 aliphatic carbocycles. The van der Waals surface area contributed by atoms with Crippen molar-refractivity contribution in [1.29, 1.82) is 0 Å². The summed E-state index contributed by atoms with van der Waals surface area (Å²) in [6.07, 6.45) is 7.15. The maximum atomic E-state index is 8.03. The fraction of sp³-hybridized carbons (Fsp3) is 0.143. The minimum absolute atomic E-state index is 0.313. The van der Waals surface area contributed by atoms with E-state index >= 15 is 0 Å². The van der Waals surface area contributed by atoms with Crippen LogP contribution in [-0.2, 0) is 0 Å². The van der Waals surface area contributed by atoms with Gasteiger partial charge >= 0.3 is 0 Å². The Hall–Kier alpha value is -2.76. The molecule has 2 heterocycles. The molecule has 0 unspecified atom stereocenters. The largest absolute Gasteiger partial charge is 0.411 e. The van der Waals surface area contributed by atoms with Gasteiger partial charge in [-0.2, -0.15) is 0 Å². The number of nitrogens with zero attached hydrogens (tertiary/aromatic N) is 4. The van der Waals surface area contributed by atoms with Crippen LogP contribution in [0.2, 0.25) is 0 Å². The summed E-state index contributed by atoms with van der Waals surface area (Å²) < 4.78 is 0. The van der Waals surface area contributed by atoms with Gasteiger partial charge in [0.2, 0.25) is 0 Å². The summed E-state index contributed by atoms with van der Waals surface area (Å²) in [7, 11) is 0. The molecule has 6 nitrogen and oxygen atoms in total. The van der Waals surface area contributed by atoms with Crippen LogP contribution in [0.4, 0.5) is 0 Å². The minimum atomic E-state index is 0.313. The molecule has 0 saturated carbocycles. The number of pyridine rings is 2. The summed E-state index contributed by atoms with van der Waals surface area (Å²) in [5.41, 5.74) is 2.97. The van der Waals surface area contributed by atoms with E-state index in [0.717, 1.165) is 0 Å². The summed E-state index contributed by atoms with van der Waals surface area (Å²) >= 11 is 0. The van der Waals surface area contributed by atoms with Crippen LogP contribution in [0.25, 0.3) is 11.1 Å². The van der Waals surface area contributed by atoms with Crippen molar-refractivity contribution in [3.05, 3.63) is 49.1 Å². The third-order valence-electron chi connectivity index (χ3n) is 2.52. The van der Waals surface area contributed by atoms with Gasteiger partial charge in [-0.15, -0.1) is 0 Å². The first-order valence-electron chi connectivity index (χ1n) is 5.87. The minimum Gasteiger partial charge on any atom is -0.411 e. The number of hydrogen-bond acceptors (Lipinski definition) is 6. The van der Waals surface area contributed by atoms with Gasteiger partial charge in [0, 0.05) is 24.8 Å². The van der Waals surface area contributed by atoms with Crippen LogP contribution in [0.3, 0.4) is 0 Å². The van der Waals surface area contributed by atoms with Crippen molar-refractivity contribution in [3.8, 4) is 11.1 Å². The first kappa shape index (κ1) is 15.3. The first-order valence-corrected chi connectivity index (χ1v) is 5.87. The lowest BCUT2D eigenvalue weighted by molar-refractivity contribution is 0.313. The number of aromatic nitrogens is 2. The summed E-state index contributed by atoms with van der Waals surface area (Å²) in [6.45, 7) is 3.07. The Balaban J connectivity index is 0.000000221. The SMILES string of the molecule is CC(=N\O)/C(C)=N/O.c1cc(-c2ccncc2)ccn1. The molecule has 0 fully saturated rings. The second-order valence-electron chi connectivity index (χ2n) is 3.84. The monoisotopic (exact) mass is 272 g/mol. The average Bonchev–Trinajstić information content (AvgIpc) is 2.55. The zero-order valence-electron chi connectivity index (χ0n) is 11.3. The average molecular weight is 272 g/mol. The second-order valence-corrected chi connectivity index (χ2v) is 3.84. The molecule has 2 aromatic rings. The predicted molar refractivity (Wildman–Crippen MR) is 77.3 cm³/mol. The highest BCUT2D eigenvalue weighted by Gasteiger charge is 1.94. The van der Waals surface area contributed by atoms with Gasteiger partial charge in [0.05, 0.1) is 0 Å². The Morgan fingerprint density at radius 3 is 1.30 bits per heavy atom. The molecule has 6 heteroatoms. The summed E-state index contributed by atoms with van der Waals surface area (Å²) in [5.74, 6) is 0. The topological polar surface area (TPSA) is 91.0 Å². The smallest absolute Gasteiger partial charge is 0.101 e. The quantitative estimate of drug-likeness (QED) is 0.499. The summed E-state index contributed by atoms with van der Waals surface area (Å²) in [6, 6.07) is 7.93. The molecule has 0 saturated heterocycles. The number of hydrogen-bond donors (Lipinski definition) is 2. The molecular formula is C14H16N4O2. The molecule has 2 aromatic heterocycles. The van der Waals surface area contributed by atoms with Crippen LogP contribution in [0.1, 0.15) is 13.8 Å². The molecule has 2 rings (SSSR count). The highest BCUT2D eigenvalue weighted by Crippen LogP contribution is 2.15. The molecule has 0 spiro atoms. The van der Waals surface area contributed by atoms with Gasteiger partial charge in [-0.25, -0.2) is 0 Å². The van der Waals surface area contributed by atoms with E-state index in [9.17, 15) is 0 Å². The van der Waals surface area contributed by atoms with Gasteiger partial charge in [-0.1, -0.05) is 10.3 Å². The molecule has 0 radical (unpaired) electrons. The van der Waals surface area contributed by atoms with Gasteiger partial charge in [-0.3, -0.25) is 9.97 Å². The van der Waals surface area contributed by atoms with Crippen LogP contribution >= 0.6 is 0 Å². The van der Waals surface area contributed by atoms with E-state index in [2.05, 4.69) is 20.3 Å². The van der Waals surface area contributed by atoms with Crippen LogP contribution in [0.5, 0.6) is 0 Å². The molecule has 0 amide bonds. The Kier molecular flexibility index (Phi) is 6.40. The van der Waals surface area contributed by atoms with Crippen molar-refractivity contribution in [2.24, 2.45) is 10.3 Å². The maximum Gasteiger partial charge on any atom is 0.101 e. The molecule has 2 N–H and O–H groups in total. The second kappa shape index (κ2) is 8.36. The highest BCUT2D eigenvalue weighted by atomic mass is 16.4. The molecule has 0 aromatic carbocycles.